The van der Waals surface area contributed by atoms with Crippen LogP contribution >= 0.6 is 11.8 Å². The first kappa shape index (κ1) is 41.1. The van der Waals surface area contributed by atoms with Gasteiger partial charge in [-0.3, -0.25) is 0 Å². The molecule has 0 aromatic heterocycles. The molecule has 0 aliphatic heterocycles. The van der Waals surface area contributed by atoms with Gasteiger partial charge in [0, 0.05) is 52.5 Å². The van der Waals surface area contributed by atoms with Crippen LogP contribution in [-0.2, 0) is 28.4 Å². The summed E-state index contributed by atoms with van der Waals surface area (Å²) in [7, 11) is 0. The molecule has 0 heterocycles. The van der Waals surface area contributed by atoms with Gasteiger partial charge < -0.3 is 28.4 Å². The van der Waals surface area contributed by atoms with Crippen molar-refractivity contribution in [2.75, 3.05) is 51.1 Å². The zero-order valence-electron chi connectivity index (χ0n) is 28.2. The molecule has 0 unspecified atom stereocenters. The molecule has 6 nitrogen and oxygen atoms in total. The molecule has 0 radical (unpaired) electrons. The van der Waals surface area contributed by atoms with Crippen molar-refractivity contribution in [2.24, 2.45) is 0 Å². The van der Waals surface area contributed by atoms with E-state index >= 15 is 0 Å². The molecule has 0 atom stereocenters. The van der Waals surface area contributed by atoms with Crippen LogP contribution in [0.4, 0.5) is 0 Å². The van der Waals surface area contributed by atoms with E-state index in [0.717, 1.165) is 25.7 Å². The Morgan fingerprint density at radius 3 is 0.780 bits per heavy atom. The van der Waals surface area contributed by atoms with Crippen LogP contribution in [0.15, 0.2) is 0 Å². The number of hydrogen-bond acceptors (Lipinski definition) is 7. The Kier molecular flexibility index (Phi) is 30.2. The lowest BCUT2D eigenvalue weighted by Crippen LogP contribution is -2.39. The molecule has 248 valence electrons. The van der Waals surface area contributed by atoms with Crippen LogP contribution < -0.4 is 0 Å². The van der Waals surface area contributed by atoms with E-state index in [0.29, 0.717) is 39.6 Å². The summed E-state index contributed by atoms with van der Waals surface area (Å²) in [5.74, 6) is 1.01. The molecule has 0 bridgehead atoms. The van der Waals surface area contributed by atoms with Crippen molar-refractivity contribution < 1.29 is 28.4 Å². The summed E-state index contributed by atoms with van der Waals surface area (Å²) in [5, 5.41) is 0. The fourth-order valence-corrected chi connectivity index (χ4v) is 6.34. The molecule has 0 N–H and O–H groups in total. The highest BCUT2D eigenvalue weighted by molar-refractivity contribution is 7.99. The van der Waals surface area contributed by atoms with Crippen LogP contribution in [-0.4, -0.2) is 63.1 Å². The molecule has 0 aliphatic carbocycles. The predicted molar refractivity (Wildman–Crippen MR) is 176 cm³/mol. The maximum Gasteiger partial charge on any atom is 0.282 e. The van der Waals surface area contributed by atoms with E-state index in [-0.39, 0.29) is 0 Å². The van der Waals surface area contributed by atoms with Gasteiger partial charge in [0.1, 0.15) is 0 Å². The van der Waals surface area contributed by atoms with Gasteiger partial charge in [-0.1, -0.05) is 77.0 Å². The van der Waals surface area contributed by atoms with Crippen LogP contribution in [0.5, 0.6) is 0 Å². The molecular formula is C34H70O6S. The van der Waals surface area contributed by atoms with Gasteiger partial charge in [0.05, 0.1) is 0 Å². The smallest absolute Gasteiger partial charge is 0.282 e. The predicted octanol–water partition coefficient (Wildman–Crippen LogP) is 10.3. The van der Waals surface area contributed by atoms with Gasteiger partial charge in [0.2, 0.25) is 0 Å². The first-order valence-corrected chi connectivity index (χ1v) is 18.6. The molecule has 0 fully saturated rings. The average molecular weight is 607 g/mol. The molecule has 41 heavy (non-hydrogen) atoms. The van der Waals surface area contributed by atoms with Gasteiger partial charge in [0.25, 0.3) is 11.9 Å². The Labute approximate surface area is 260 Å². The second kappa shape index (κ2) is 30.1. The molecule has 7 heteroatoms. The fourth-order valence-electron chi connectivity index (χ4n) is 5.32. The minimum Gasteiger partial charge on any atom is -0.328 e. The highest BCUT2D eigenvalue weighted by Gasteiger charge is 2.32. The van der Waals surface area contributed by atoms with Gasteiger partial charge in [-0.25, -0.2) is 0 Å². The zero-order valence-corrected chi connectivity index (χ0v) is 29.1. The normalized spacial score (nSPS) is 12.4. The van der Waals surface area contributed by atoms with Gasteiger partial charge >= 0.3 is 0 Å². The van der Waals surface area contributed by atoms with Crippen LogP contribution in [0.2, 0.25) is 0 Å². The highest BCUT2D eigenvalue weighted by Crippen LogP contribution is 2.25. The van der Waals surface area contributed by atoms with Gasteiger partial charge in [-0.2, -0.15) is 11.8 Å². The van der Waals surface area contributed by atoms with Crippen molar-refractivity contribution in [1.82, 2.24) is 0 Å². The van der Waals surface area contributed by atoms with Gasteiger partial charge in [-0.05, 0) is 78.7 Å². The summed E-state index contributed by atoms with van der Waals surface area (Å²) in [6.45, 7) is 15.7. The van der Waals surface area contributed by atoms with E-state index in [2.05, 4.69) is 11.8 Å². The Morgan fingerprint density at radius 1 is 0.317 bits per heavy atom. The van der Waals surface area contributed by atoms with Crippen LogP contribution in [0.25, 0.3) is 0 Å². The Bertz CT molecular complexity index is 443. The minimum atomic E-state index is -0.830. The Morgan fingerprint density at radius 2 is 0.537 bits per heavy atom. The van der Waals surface area contributed by atoms with Crippen LogP contribution in [0.3, 0.4) is 0 Å². The van der Waals surface area contributed by atoms with E-state index in [1.165, 1.54) is 101 Å². The van der Waals surface area contributed by atoms with Crippen molar-refractivity contribution in [3.8, 4) is 0 Å². The van der Waals surface area contributed by atoms with Gasteiger partial charge in [0.15, 0.2) is 0 Å². The third-order valence-electron chi connectivity index (χ3n) is 7.23. The topological polar surface area (TPSA) is 55.4 Å². The second-order valence-electron chi connectivity index (χ2n) is 10.7. The Hall–Kier alpha value is 0.110. The average Bonchev–Trinajstić information content (AvgIpc) is 2.95. The van der Waals surface area contributed by atoms with E-state index in [9.17, 15) is 0 Å². The first-order valence-electron chi connectivity index (χ1n) is 17.5. The van der Waals surface area contributed by atoms with Crippen molar-refractivity contribution >= 4 is 11.8 Å². The number of hydrogen-bond donors (Lipinski definition) is 0. The third kappa shape index (κ3) is 23.2. The molecular weight excluding hydrogens is 536 g/mol. The minimum absolute atomic E-state index is 0.613. The van der Waals surface area contributed by atoms with E-state index < -0.39 is 11.9 Å². The van der Waals surface area contributed by atoms with Crippen LogP contribution in [0, 0.1) is 0 Å². The molecule has 0 aliphatic rings. The summed E-state index contributed by atoms with van der Waals surface area (Å²) in [6, 6.07) is 0. The lowest BCUT2D eigenvalue weighted by atomic mass is 10.1. The third-order valence-corrected chi connectivity index (χ3v) is 8.38. The zero-order chi connectivity index (χ0) is 30.3. The van der Waals surface area contributed by atoms with Crippen molar-refractivity contribution in [1.29, 1.82) is 0 Å². The van der Waals surface area contributed by atoms with Gasteiger partial charge in [-0.15, -0.1) is 0 Å². The Balaban J connectivity index is 3.52. The molecule has 0 amide bonds. The molecule has 0 spiro atoms. The number of rotatable bonds is 34. The molecule has 0 saturated heterocycles. The molecule has 0 rings (SSSR count). The molecule has 0 aromatic carbocycles. The molecule has 0 saturated carbocycles. The van der Waals surface area contributed by atoms with E-state index in [1.807, 2.05) is 41.5 Å². The number of thioether (sulfide) groups is 1. The molecule has 0 aromatic rings. The fraction of sp³-hybridized carbons (Fsp3) is 1.00. The monoisotopic (exact) mass is 606 g/mol. The lowest BCUT2D eigenvalue weighted by Gasteiger charge is -2.32. The summed E-state index contributed by atoms with van der Waals surface area (Å²) >= 11 is 2.16. The van der Waals surface area contributed by atoms with Crippen molar-refractivity contribution in [3.05, 3.63) is 0 Å². The summed E-state index contributed by atoms with van der Waals surface area (Å²) < 4.78 is 34.9. The maximum absolute atomic E-state index is 5.82. The number of ether oxygens (including phenoxy) is 6. The number of unbranched alkanes of at least 4 members (excludes halogenated alkanes) is 14. The van der Waals surface area contributed by atoms with Crippen molar-refractivity contribution in [2.45, 2.75) is 169 Å². The van der Waals surface area contributed by atoms with E-state index in [1.54, 1.807) is 0 Å². The standard InChI is InChI=1S/C34H70O6S/c1-7-35-33(36-8-2,37-9-3)29-25-21-17-13-15-19-23-27-31-41-32-28-24-20-16-14-18-22-26-30-34(38-10-4,39-11-5)40-12-6/h7-32H2,1-6H3. The highest BCUT2D eigenvalue weighted by atomic mass is 32.2. The van der Waals surface area contributed by atoms with E-state index in [4.69, 9.17) is 28.4 Å². The first-order chi connectivity index (χ1) is 20.1. The largest absolute Gasteiger partial charge is 0.328 e. The second-order valence-corrected chi connectivity index (χ2v) is 12.0. The van der Waals surface area contributed by atoms with Crippen molar-refractivity contribution in [3.63, 3.8) is 0 Å². The quantitative estimate of drug-likeness (QED) is 0.0533. The lowest BCUT2D eigenvalue weighted by molar-refractivity contribution is -0.380. The van der Waals surface area contributed by atoms with Crippen LogP contribution in [0.1, 0.15) is 157 Å². The summed E-state index contributed by atoms with van der Waals surface area (Å²) in [4.78, 5) is 0. The maximum atomic E-state index is 5.82. The SMILES string of the molecule is CCOC(CCCCCCCCCCSCCCCCCCCCCC(OCC)(OCC)OCC)(OCC)OCC. The summed E-state index contributed by atoms with van der Waals surface area (Å²) in [6.07, 6.45) is 22.6. The summed E-state index contributed by atoms with van der Waals surface area (Å²) in [5.41, 5.74) is 0.